The summed E-state index contributed by atoms with van der Waals surface area (Å²) in [5.41, 5.74) is -3.77. The number of hydrogen-bond donors (Lipinski definition) is 1. The van der Waals surface area contributed by atoms with Gasteiger partial charge in [0.25, 0.3) is 0 Å². The molecule has 1 aromatic rings. The highest BCUT2D eigenvalue weighted by Crippen LogP contribution is 2.28. The number of rotatable bonds is 2. The van der Waals surface area contributed by atoms with Crippen LogP contribution in [0.3, 0.4) is 0 Å². The Balaban J connectivity index is 2.09. The Morgan fingerprint density at radius 2 is 1.63 bits per heavy atom. The molecule has 1 aromatic carbocycles. The van der Waals surface area contributed by atoms with Crippen LogP contribution in [0.15, 0.2) is 24.3 Å². The summed E-state index contributed by atoms with van der Waals surface area (Å²) in [5, 5.41) is 0. The molecule has 2 rings (SSSR count). The molecule has 1 amide bonds. The van der Waals surface area contributed by atoms with E-state index in [-0.39, 0.29) is 12.8 Å². The first kappa shape index (κ1) is 13.9. The van der Waals surface area contributed by atoms with Crippen LogP contribution in [0.25, 0.3) is 0 Å². The SMILES string of the molecule is O=C(NS(=O)(=O)C(F)(F)F)C1Cc2ccccc2C1. The number of fused-ring (bicyclic) bond motifs is 1. The molecule has 0 saturated carbocycles. The molecule has 4 nitrogen and oxygen atoms in total. The van der Waals surface area contributed by atoms with Gasteiger partial charge in [-0.25, -0.2) is 4.72 Å². The summed E-state index contributed by atoms with van der Waals surface area (Å²) in [7, 11) is -5.62. The van der Waals surface area contributed by atoms with Crippen molar-refractivity contribution in [2.24, 2.45) is 5.92 Å². The molecule has 0 atom stereocenters. The van der Waals surface area contributed by atoms with Gasteiger partial charge in [0.2, 0.25) is 5.91 Å². The van der Waals surface area contributed by atoms with E-state index in [0.717, 1.165) is 15.8 Å². The van der Waals surface area contributed by atoms with E-state index in [2.05, 4.69) is 0 Å². The Hall–Kier alpha value is -1.57. The maximum absolute atomic E-state index is 12.1. The van der Waals surface area contributed by atoms with Gasteiger partial charge in [0.15, 0.2) is 0 Å². The lowest BCUT2D eigenvalue weighted by atomic mass is 10.1. The minimum absolute atomic E-state index is 0.245. The predicted molar refractivity (Wildman–Crippen MR) is 60.5 cm³/mol. The van der Waals surface area contributed by atoms with Crippen molar-refractivity contribution in [1.82, 2.24) is 4.72 Å². The summed E-state index contributed by atoms with van der Waals surface area (Å²) in [6, 6.07) is 7.04. The second-order valence-electron chi connectivity index (χ2n) is 4.29. The van der Waals surface area contributed by atoms with Crippen LogP contribution in [0.5, 0.6) is 0 Å². The van der Waals surface area contributed by atoms with Crippen molar-refractivity contribution in [3.05, 3.63) is 35.4 Å². The van der Waals surface area contributed by atoms with Crippen molar-refractivity contribution in [2.45, 2.75) is 18.3 Å². The van der Waals surface area contributed by atoms with Gasteiger partial charge in [0.1, 0.15) is 0 Å². The molecule has 0 radical (unpaired) electrons. The molecule has 8 heteroatoms. The zero-order valence-electron chi connectivity index (χ0n) is 9.57. The van der Waals surface area contributed by atoms with Crippen LogP contribution in [0.1, 0.15) is 11.1 Å². The summed E-state index contributed by atoms with van der Waals surface area (Å²) in [4.78, 5) is 11.6. The summed E-state index contributed by atoms with van der Waals surface area (Å²) in [6.45, 7) is 0. The molecule has 0 bridgehead atoms. The Morgan fingerprint density at radius 3 is 2.05 bits per heavy atom. The van der Waals surface area contributed by atoms with Gasteiger partial charge >= 0.3 is 15.5 Å². The molecule has 1 aliphatic carbocycles. The van der Waals surface area contributed by atoms with Crippen LogP contribution < -0.4 is 4.72 Å². The quantitative estimate of drug-likeness (QED) is 0.895. The monoisotopic (exact) mass is 293 g/mol. The number of hydrogen-bond acceptors (Lipinski definition) is 3. The van der Waals surface area contributed by atoms with Crippen LogP contribution >= 0.6 is 0 Å². The molecule has 0 heterocycles. The summed E-state index contributed by atoms with van der Waals surface area (Å²) < 4.78 is 59.2. The Bertz CT molecular complexity index is 585. The lowest BCUT2D eigenvalue weighted by Gasteiger charge is -2.12. The van der Waals surface area contributed by atoms with E-state index in [9.17, 15) is 26.4 Å². The van der Waals surface area contributed by atoms with Gasteiger partial charge in [-0.3, -0.25) is 4.79 Å². The zero-order valence-corrected chi connectivity index (χ0v) is 10.4. The van der Waals surface area contributed by atoms with Crippen molar-refractivity contribution < 1.29 is 26.4 Å². The van der Waals surface area contributed by atoms with E-state index in [0.29, 0.717) is 0 Å². The zero-order chi connectivity index (χ0) is 14.3. The third kappa shape index (κ3) is 2.73. The van der Waals surface area contributed by atoms with Gasteiger partial charge in [0, 0.05) is 5.92 Å². The normalized spacial score (nSPS) is 16.2. The Kier molecular flexibility index (Phi) is 3.29. The lowest BCUT2D eigenvalue weighted by molar-refractivity contribution is -0.123. The third-order valence-electron chi connectivity index (χ3n) is 2.96. The first-order valence-electron chi connectivity index (χ1n) is 5.40. The highest BCUT2D eigenvalue weighted by atomic mass is 32.2. The van der Waals surface area contributed by atoms with Gasteiger partial charge in [0.05, 0.1) is 0 Å². The van der Waals surface area contributed by atoms with E-state index in [1.54, 1.807) is 24.3 Å². The van der Waals surface area contributed by atoms with Crippen molar-refractivity contribution in [2.75, 3.05) is 0 Å². The molecule has 0 aliphatic heterocycles. The van der Waals surface area contributed by atoms with Crippen LogP contribution in [-0.2, 0) is 27.7 Å². The number of nitrogens with one attached hydrogen (secondary N) is 1. The minimum Gasteiger partial charge on any atom is -0.274 e. The number of carbonyl (C=O) groups excluding carboxylic acids is 1. The van der Waals surface area contributed by atoms with Gasteiger partial charge in [-0.1, -0.05) is 24.3 Å². The summed E-state index contributed by atoms with van der Waals surface area (Å²) >= 11 is 0. The Morgan fingerprint density at radius 1 is 1.16 bits per heavy atom. The minimum atomic E-state index is -5.62. The average Bonchev–Trinajstić information content (AvgIpc) is 2.70. The molecular weight excluding hydrogens is 283 g/mol. The molecule has 0 aromatic heterocycles. The van der Waals surface area contributed by atoms with E-state index >= 15 is 0 Å². The average molecular weight is 293 g/mol. The van der Waals surface area contributed by atoms with Crippen LogP contribution in [-0.4, -0.2) is 19.8 Å². The third-order valence-corrected chi connectivity index (χ3v) is 4.04. The molecule has 104 valence electrons. The van der Waals surface area contributed by atoms with Crippen LogP contribution in [0, 0.1) is 5.92 Å². The van der Waals surface area contributed by atoms with E-state index < -0.39 is 27.4 Å². The maximum Gasteiger partial charge on any atom is 0.516 e. The number of benzene rings is 1. The fraction of sp³-hybridized carbons (Fsp3) is 0.364. The van der Waals surface area contributed by atoms with Crippen LogP contribution in [0.2, 0.25) is 0 Å². The van der Waals surface area contributed by atoms with Gasteiger partial charge in [-0.05, 0) is 24.0 Å². The topological polar surface area (TPSA) is 63.2 Å². The summed E-state index contributed by atoms with van der Waals surface area (Å²) in [6.07, 6.45) is 0.491. The molecule has 0 unspecified atom stereocenters. The number of amides is 1. The largest absolute Gasteiger partial charge is 0.516 e. The van der Waals surface area contributed by atoms with E-state index in [1.807, 2.05) is 0 Å². The van der Waals surface area contributed by atoms with Gasteiger partial charge in [-0.2, -0.15) is 21.6 Å². The van der Waals surface area contributed by atoms with E-state index in [1.165, 1.54) is 0 Å². The van der Waals surface area contributed by atoms with Crippen molar-refractivity contribution in [1.29, 1.82) is 0 Å². The van der Waals surface area contributed by atoms with E-state index in [4.69, 9.17) is 0 Å². The first-order chi connectivity index (χ1) is 8.71. The van der Waals surface area contributed by atoms with Gasteiger partial charge in [-0.15, -0.1) is 0 Å². The van der Waals surface area contributed by atoms with Gasteiger partial charge < -0.3 is 0 Å². The van der Waals surface area contributed by atoms with Crippen molar-refractivity contribution >= 4 is 15.9 Å². The molecule has 1 aliphatic rings. The second-order valence-corrected chi connectivity index (χ2v) is 5.96. The Labute approximate surface area is 107 Å². The highest BCUT2D eigenvalue weighted by Gasteiger charge is 2.47. The molecule has 0 spiro atoms. The number of sulfonamides is 1. The maximum atomic E-state index is 12.1. The van der Waals surface area contributed by atoms with Crippen LogP contribution in [0.4, 0.5) is 13.2 Å². The van der Waals surface area contributed by atoms with Crippen molar-refractivity contribution in [3.63, 3.8) is 0 Å². The molecular formula is C11H10F3NO3S. The molecule has 0 fully saturated rings. The molecule has 1 N–H and O–H groups in total. The standard InChI is InChI=1S/C11H10F3NO3S/c12-11(13,14)19(17,18)15-10(16)9-5-7-3-1-2-4-8(7)6-9/h1-4,9H,5-6H2,(H,15,16). The van der Waals surface area contributed by atoms with Crippen molar-refractivity contribution in [3.8, 4) is 0 Å². The predicted octanol–water partition coefficient (Wildman–Crippen LogP) is 1.37. The number of carbonyl (C=O) groups is 1. The fourth-order valence-corrected chi connectivity index (χ4v) is 2.57. The highest BCUT2D eigenvalue weighted by molar-refractivity contribution is 7.90. The second kappa shape index (κ2) is 4.52. The molecule has 0 saturated heterocycles. The molecule has 19 heavy (non-hydrogen) atoms. The number of alkyl halides is 3. The smallest absolute Gasteiger partial charge is 0.274 e. The lowest BCUT2D eigenvalue weighted by Crippen LogP contribution is -2.43. The number of halogens is 3. The first-order valence-corrected chi connectivity index (χ1v) is 6.89. The fourth-order valence-electron chi connectivity index (χ4n) is 2.02. The summed E-state index contributed by atoms with van der Waals surface area (Å²) in [5.74, 6) is -1.90.